The Morgan fingerprint density at radius 2 is 2.08 bits per heavy atom. The van der Waals surface area contributed by atoms with E-state index in [0.717, 1.165) is 18.6 Å². The van der Waals surface area contributed by atoms with E-state index in [0.29, 0.717) is 24.4 Å². The van der Waals surface area contributed by atoms with E-state index in [1.165, 1.54) is 11.0 Å². The van der Waals surface area contributed by atoms with Crippen LogP contribution in [0.3, 0.4) is 0 Å². The molecule has 2 aromatic heterocycles. The van der Waals surface area contributed by atoms with E-state index in [1.807, 2.05) is 6.92 Å². The summed E-state index contributed by atoms with van der Waals surface area (Å²) in [6.07, 6.45) is 2.87. The summed E-state index contributed by atoms with van der Waals surface area (Å²) in [7, 11) is 0. The first-order valence-electron chi connectivity index (χ1n) is 7.89. The molecule has 0 spiro atoms. The molecular formula is C15H20N6O3. The van der Waals surface area contributed by atoms with Gasteiger partial charge in [-0.2, -0.15) is 0 Å². The number of carbonyl (C=O) groups excluding carboxylic acids is 2. The Bertz CT molecular complexity index is 716. The summed E-state index contributed by atoms with van der Waals surface area (Å²) in [6.45, 7) is 4.95. The largest absolute Gasteiger partial charge is 0.466 e. The quantitative estimate of drug-likeness (QED) is 0.863. The minimum Gasteiger partial charge on any atom is -0.466 e. The van der Waals surface area contributed by atoms with E-state index >= 15 is 0 Å². The predicted octanol–water partition coefficient (Wildman–Crippen LogP) is 0.304. The van der Waals surface area contributed by atoms with Crippen LogP contribution in [0.2, 0.25) is 0 Å². The van der Waals surface area contributed by atoms with Gasteiger partial charge in [0.05, 0.1) is 5.56 Å². The number of hydrogen-bond acceptors (Lipinski definition) is 6. The van der Waals surface area contributed by atoms with Crippen molar-refractivity contribution < 1.29 is 14.0 Å². The molecule has 24 heavy (non-hydrogen) atoms. The Morgan fingerprint density at radius 3 is 2.67 bits per heavy atom. The SMILES string of the molecule is Cc1cc(C(=O)NC2CCN(C(=O)Cn3cnnn3)CC2)c(C)o1. The van der Waals surface area contributed by atoms with E-state index in [1.54, 1.807) is 17.9 Å². The lowest BCUT2D eigenvalue weighted by Crippen LogP contribution is -2.47. The van der Waals surface area contributed by atoms with Gasteiger partial charge in [-0.25, -0.2) is 4.68 Å². The fourth-order valence-electron chi connectivity index (χ4n) is 2.88. The van der Waals surface area contributed by atoms with E-state index in [-0.39, 0.29) is 24.4 Å². The van der Waals surface area contributed by atoms with Crippen LogP contribution in [0.15, 0.2) is 16.8 Å². The van der Waals surface area contributed by atoms with Crippen molar-refractivity contribution in [2.75, 3.05) is 13.1 Å². The summed E-state index contributed by atoms with van der Waals surface area (Å²) in [6, 6.07) is 1.80. The van der Waals surface area contributed by atoms with Crippen LogP contribution in [0.5, 0.6) is 0 Å². The van der Waals surface area contributed by atoms with Gasteiger partial charge in [-0.1, -0.05) is 0 Å². The maximum absolute atomic E-state index is 12.3. The molecule has 0 unspecified atom stereocenters. The fourth-order valence-corrected chi connectivity index (χ4v) is 2.88. The minimum absolute atomic E-state index is 0.0200. The van der Waals surface area contributed by atoms with Gasteiger partial charge in [0.2, 0.25) is 5.91 Å². The van der Waals surface area contributed by atoms with Crippen molar-refractivity contribution in [3.05, 3.63) is 29.5 Å². The number of rotatable bonds is 4. The van der Waals surface area contributed by atoms with Crippen LogP contribution in [0.4, 0.5) is 0 Å². The average molecular weight is 332 g/mol. The van der Waals surface area contributed by atoms with E-state index < -0.39 is 0 Å². The maximum atomic E-state index is 12.3. The van der Waals surface area contributed by atoms with E-state index in [9.17, 15) is 9.59 Å². The highest BCUT2D eigenvalue weighted by Crippen LogP contribution is 2.16. The Morgan fingerprint density at radius 1 is 1.33 bits per heavy atom. The van der Waals surface area contributed by atoms with Crippen LogP contribution in [-0.2, 0) is 11.3 Å². The number of hydrogen-bond donors (Lipinski definition) is 1. The number of carbonyl (C=O) groups is 2. The van der Waals surface area contributed by atoms with Crippen molar-refractivity contribution >= 4 is 11.8 Å². The van der Waals surface area contributed by atoms with Crippen molar-refractivity contribution in [1.29, 1.82) is 0 Å². The van der Waals surface area contributed by atoms with Crippen LogP contribution in [0, 0.1) is 13.8 Å². The van der Waals surface area contributed by atoms with Crippen LogP contribution in [-0.4, -0.2) is 56.1 Å². The minimum atomic E-state index is -0.122. The van der Waals surface area contributed by atoms with Crippen LogP contribution in [0.1, 0.15) is 34.7 Å². The fraction of sp³-hybridized carbons (Fsp3) is 0.533. The summed E-state index contributed by atoms with van der Waals surface area (Å²) in [5, 5.41) is 13.7. The molecule has 1 N–H and O–H groups in total. The third kappa shape index (κ3) is 3.61. The lowest BCUT2D eigenvalue weighted by Gasteiger charge is -2.32. The highest BCUT2D eigenvalue weighted by molar-refractivity contribution is 5.95. The molecule has 1 fully saturated rings. The highest BCUT2D eigenvalue weighted by Gasteiger charge is 2.25. The van der Waals surface area contributed by atoms with Gasteiger partial charge in [0.25, 0.3) is 5.91 Å². The van der Waals surface area contributed by atoms with Gasteiger partial charge < -0.3 is 14.6 Å². The van der Waals surface area contributed by atoms with Crippen LogP contribution < -0.4 is 5.32 Å². The van der Waals surface area contributed by atoms with E-state index in [2.05, 4.69) is 20.8 Å². The normalized spacial score (nSPS) is 15.5. The van der Waals surface area contributed by atoms with Crippen molar-refractivity contribution in [2.24, 2.45) is 0 Å². The standard InChI is InChI=1S/C15H20N6O3/c1-10-7-13(11(2)24-10)15(23)17-12-3-5-20(6-4-12)14(22)8-21-9-16-18-19-21/h7,9,12H,3-6,8H2,1-2H3,(H,17,23). The number of aromatic nitrogens is 4. The van der Waals surface area contributed by atoms with Crippen molar-refractivity contribution in [3.8, 4) is 0 Å². The molecular weight excluding hydrogens is 312 g/mol. The van der Waals surface area contributed by atoms with Crippen LogP contribution in [0.25, 0.3) is 0 Å². The summed E-state index contributed by atoms with van der Waals surface area (Å²) >= 11 is 0. The number of nitrogens with zero attached hydrogens (tertiary/aromatic N) is 5. The molecule has 1 aliphatic rings. The first kappa shape index (κ1) is 16.2. The van der Waals surface area contributed by atoms with Gasteiger partial charge in [0.15, 0.2) is 0 Å². The maximum Gasteiger partial charge on any atom is 0.255 e. The first-order chi connectivity index (χ1) is 11.5. The molecule has 2 amide bonds. The smallest absolute Gasteiger partial charge is 0.255 e. The second-order valence-corrected chi connectivity index (χ2v) is 5.96. The molecule has 0 aliphatic carbocycles. The van der Waals surface area contributed by atoms with E-state index in [4.69, 9.17) is 4.42 Å². The Labute approximate surface area is 139 Å². The topological polar surface area (TPSA) is 106 Å². The summed E-state index contributed by atoms with van der Waals surface area (Å²) < 4.78 is 6.79. The lowest BCUT2D eigenvalue weighted by molar-refractivity contribution is -0.133. The number of furan rings is 1. The number of piperidine rings is 1. The van der Waals surface area contributed by atoms with Crippen molar-refractivity contribution in [1.82, 2.24) is 30.4 Å². The number of aryl methyl sites for hydroxylation is 2. The predicted molar refractivity (Wildman–Crippen MR) is 83.1 cm³/mol. The van der Waals surface area contributed by atoms with Gasteiger partial charge in [-0.05, 0) is 43.2 Å². The lowest BCUT2D eigenvalue weighted by atomic mass is 10.0. The van der Waals surface area contributed by atoms with Gasteiger partial charge in [0, 0.05) is 19.1 Å². The number of likely N-dealkylation sites (tertiary alicyclic amines) is 1. The summed E-state index contributed by atoms with van der Waals surface area (Å²) in [5.41, 5.74) is 0.574. The Hall–Kier alpha value is -2.71. The molecule has 0 aromatic carbocycles. The molecule has 0 radical (unpaired) electrons. The van der Waals surface area contributed by atoms with Gasteiger partial charge in [0.1, 0.15) is 24.4 Å². The highest BCUT2D eigenvalue weighted by atomic mass is 16.3. The van der Waals surface area contributed by atoms with Gasteiger partial charge in [-0.15, -0.1) is 5.10 Å². The molecule has 9 heteroatoms. The molecule has 9 nitrogen and oxygen atoms in total. The van der Waals surface area contributed by atoms with Gasteiger partial charge >= 0.3 is 0 Å². The summed E-state index contributed by atoms with van der Waals surface area (Å²) in [4.78, 5) is 26.2. The number of amides is 2. The molecule has 3 heterocycles. The number of tetrazole rings is 1. The molecule has 1 aliphatic heterocycles. The molecule has 0 bridgehead atoms. The molecule has 0 saturated carbocycles. The monoisotopic (exact) mass is 332 g/mol. The zero-order valence-corrected chi connectivity index (χ0v) is 13.7. The molecule has 128 valence electrons. The Balaban J connectivity index is 1.49. The van der Waals surface area contributed by atoms with Gasteiger partial charge in [-0.3, -0.25) is 9.59 Å². The first-order valence-corrected chi connectivity index (χ1v) is 7.89. The average Bonchev–Trinajstić information content (AvgIpc) is 3.17. The molecule has 2 aromatic rings. The third-order valence-corrected chi connectivity index (χ3v) is 4.16. The second-order valence-electron chi connectivity index (χ2n) is 5.96. The summed E-state index contributed by atoms with van der Waals surface area (Å²) in [5.74, 6) is 1.20. The molecule has 0 atom stereocenters. The van der Waals surface area contributed by atoms with Crippen molar-refractivity contribution in [2.45, 2.75) is 39.3 Å². The third-order valence-electron chi connectivity index (χ3n) is 4.16. The zero-order valence-electron chi connectivity index (χ0n) is 13.7. The zero-order chi connectivity index (χ0) is 17.1. The van der Waals surface area contributed by atoms with Crippen molar-refractivity contribution in [3.63, 3.8) is 0 Å². The molecule has 3 rings (SSSR count). The second kappa shape index (κ2) is 6.81. The number of nitrogens with one attached hydrogen (secondary N) is 1. The molecule has 1 saturated heterocycles. The van der Waals surface area contributed by atoms with Crippen LogP contribution >= 0.6 is 0 Å². The Kier molecular flexibility index (Phi) is 4.59.